The second-order valence-electron chi connectivity index (χ2n) is 2.43. The van der Waals surface area contributed by atoms with Crippen LogP contribution < -0.4 is 4.74 Å². The molecule has 0 N–H and O–H groups in total. The van der Waals surface area contributed by atoms with Gasteiger partial charge >= 0.3 is 6.61 Å². The van der Waals surface area contributed by atoms with E-state index in [-0.39, 0.29) is 5.69 Å². The molecule has 0 aliphatic rings. The molecule has 0 amide bonds. The van der Waals surface area contributed by atoms with Crippen molar-refractivity contribution >= 4 is 5.78 Å². The monoisotopic (exact) mass is 205 g/mol. The molecular formula is C8H6F3NO2. The van der Waals surface area contributed by atoms with Crippen molar-refractivity contribution in [3.63, 3.8) is 0 Å². The van der Waals surface area contributed by atoms with E-state index in [9.17, 15) is 18.0 Å². The highest BCUT2D eigenvalue weighted by atomic mass is 19.3. The first-order valence-corrected chi connectivity index (χ1v) is 3.62. The van der Waals surface area contributed by atoms with Gasteiger partial charge in [-0.1, -0.05) is 0 Å². The Morgan fingerprint density at radius 3 is 2.71 bits per heavy atom. The van der Waals surface area contributed by atoms with Gasteiger partial charge < -0.3 is 4.74 Å². The zero-order valence-corrected chi connectivity index (χ0v) is 7.13. The molecule has 3 nitrogen and oxygen atoms in total. The predicted octanol–water partition coefficient (Wildman–Crippen LogP) is 2.02. The highest BCUT2D eigenvalue weighted by Crippen LogP contribution is 2.19. The molecule has 1 aromatic rings. The van der Waals surface area contributed by atoms with Crippen LogP contribution in [0.1, 0.15) is 17.4 Å². The number of Topliss-reactive ketones (excluding diaryl/α,β-unsaturated/α-hetero) is 1. The Balaban J connectivity index is 3.02. The van der Waals surface area contributed by atoms with Gasteiger partial charge in [0.25, 0.3) is 0 Å². The Morgan fingerprint density at radius 2 is 2.21 bits per heavy atom. The van der Waals surface area contributed by atoms with Crippen molar-refractivity contribution < 1.29 is 22.7 Å². The summed E-state index contributed by atoms with van der Waals surface area (Å²) in [5, 5.41) is 0. The van der Waals surface area contributed by atoms with Gasteiger partial charge in [-0.05, 0) is 0 Å². The fourth-order valence-electron chi connectivity index (χ4n) is 0.799. The van der Waals surface area contributed by atoms with Crippen LogP contribution in [0.2, 0.25) is 0 Å². The molecule has 1 aromatic heterocycles. The third-order valence-electron chi connectivity index (χ3n) is 1.40. The largest absolute Gasteiger partial charge is 0.432 e. The van der Waals surface area contributed by atoms with Crippen molar-refractivity contribution in [1.82, 2.24) is 4.98 Å². The number of nitrogens with zero attached hydrogens (tertiary/aromatic N) is 1. The van der Waals surface area contributed by atoms with Crippen LogP contribution in [0, 0.1) is 5.82 Å². The number of pyridine rings is 1. The van der Waals surface area contributed by atoms with Crippen molar-refractivity contribution in [2.45, 2.75) is 13.5 Å². The van der Waals surface area contributed by atoms with Gasteiger partial charge in [0.2, 0.25) is 0 Å². The van der Waals surface area contributed by atoms with Crippen LogP contribution in [0.3, 0.4) is 0 Å². The summed E-state index contributed by atoms with van der Waals surface area (Å²) < 4.78 is 40.1. The lowest BCUT2D eigenvalue weighted by molar-refractivity contribution is -0.0523. The van der Waals surface area contributed by atoms with E-state index in [1.807, 2.05) is 0 Å². The molecule has 0 aliphatic carbocycles. The van der Waals surface area contributed by atoms with Gasteiger partial charge in [0.05, 0.1) is 6.20 Å². The number of carbonyl (C=O) groups is 1. The number of rotatable bonds is 3. The van der Waals surface area contributed by atoms with Crippen LogP contribution in [0.5, 0.6) is 5.75 Å². The number of halogens is 3. The molecule has 0 saturated carbocycles. The Morgan fingerprint density at radius 1 is 1.57 bits per heavy atom. The first kappa shape index (κ1) is 10.5. The van der Waals surface area contributed by atoms with Crippen LogP contribution >= 0.6 is 0 Å². The second kappa shape index (κ2) is 4.08. The van der Waals surface area contributed by atoms with E-state index in [0.717, 1.165) is 6.07 Å². The maximum absolute atomic E-state index is 12.8. The van der Waals surface area contributed by atoms with Gasteiger partial charge in [-0.2, -0.15) is 8.78 Å². The maximum atomic E-state index is 12.8. The number of aromatic nitrogens is 1. The lowest BCUT2D eigenvalue weighted by atomic mass is 10.2. The standard InChI is InChI=1S/C8H6F3NO2/c1-4(13)6-2-7(14-8(10)11)5(9)3-12-6/h2-3,8H,1H3. The van der Waals surface area contributed by atoms with Crippen molar-refractivity contribution in [3.8, 4) is 5.75 Å². The molecule has 0 aromatic carbocycles. The lowest BCUT2D eigenvalue weighted by Gasteiger charge is -2.05. The van der Waals surface area contributed by atoms with Crippen LogP contribution in [0.25, 0.3) is 0 Å². The van der Waals surface area contributed by atoms with Crippen LogP contribution in [0.15, 0.2) is 12.3 Å². The third kappa shape index (κ3) is 2.45. The lowest BCUT2D eigenvalue weighted by Crippen LogP contribution is -2.06. The third-order valence-corrected chi connectivity index (χ3v) is 1.40. The summed E-state index contributed by atoms with van der Waals surface area (Å²) in [6.45, 7) is -1.95. The molecule has 0 aliphatic heterocycles. The number of hydrogen-bond acceptors (Lipinski definition) is 3. The minimum absolute atomic E-state index is 0.123. The van der Waals surface area contributed by atoms with Gasteiger partial charge in [0.1, 0.15) is 5.69 Å². The molecule has 0 unspecified atom stereocenters. The average Bonchev–Trinajstić information content (AvgIpc) is 2.07. The van der Waals surface area contributed by atoms with Crippen molar-refractivity contribution in [2.75, 3.05) is 0 Å². The molecule has 0 fully saturated rings. The summed E-state index contributed by atoms with van der Waals surface area (Å²) in [4.78, 5) is 14.2. The molecular weight excluding hydrogens is 199 g/mol. The van der Waals surface area contributed by atoms with E-state index in [0.29, 0.717) is 6.20 Å². The summed E-state index contributed by atoms with van der Waals surface area (Å²) in [7, 11) is 0. The molecule has 1 rings (SSSR count). The first-order valence-electron chi connectivity index (χ1n) is 3.62. The summed E-state index contributed by atoms with van der Waals surface area (Å²) in [6, 6.07) is 0.837. The minimum atomic E-state index is -3.13. The van der Waals surface area contributed by atoms with Gasteiger partial charge in [0.15, 0.2) is 17.3 Å². The normalized spacial score (nSPS) is 10.4. The van der Waals surface area contributed by atoms with E-state index >= 15 is 0 Å². The number of carbonyl (C=O) groups excluding carboxylic acids is 1. The number of hydrogen-bond donors (Lipinski definition) is 0. The molecule has 76 valence electrons. The number of ketones is 1. The SMILES string of the molecule is CC(=O)c1cc(OC(F)F)c(F)cn1. The smallest absolute Gasteiger partial charge is 0.387 e. The summed E-state index contributed by atoms with van der Waals surface area (Å²) >= 11 is 0. The van der Waals surface area contributed by atoms with Gasteiger partial charge in [-0.25, -0.2) is 9.37 Å². The zero-order valence-electron chi connectivity index (χ0n) is 7.13. The average molecular weight is 205 g/mol. The Kier molecular flexibility index (Phi) is 3.06. The highest BCUT2D eigenvalue weighted by molar-refractivity contribution is 5.92. The zero-order chi connectivity index (χ0) is 10.7. The van der Waals surface area contributed by atoms with E-state index < -0.39 is 24.0 Å². The van der Waals surface area contributed by atoms with E-state index in [4.69, 9.17) is 0 Å². The first-order chi connectivity index (χ1) is 6.50. The van der Waals surface area contributed by atoms with Crippen LogP contribution in [-0.4, -0.2) is 17.4 Å². The van der Waals surface area contributed by atoms with Crippen molar-refractivity contribution in [2.24, 2.45) is 0 Å². The molecule has 0 atom stereocenters. The van der Waals surface area contributed by atoms with Gasteiger partial charge in [-0.3, -0.25) is 4.79 Å². The molecule has 1 heterocycles. The van der Waals surface area contributed by atoms with E-state index in [1.54, 1.807) is 0 Å². The molecule has 0 radical (unpaired) electrons. The fourth-order valence-corrected chi connectivity index (χ4v) is 0.799. The molecule has 0 saturated heterocycles. The second-order valence-corrected chi connectivity index (χ2v) is 2.43. The Hall–Kier alpha value is -1.59. The maximum Gasteiger partial charge on any atom is 0.387 e. The van der Waals surface area contributed by atoms with Crippen molar-refractivity contribution in [3.05, 3.63) is 23.8 Å². The molecule has 0 bridgehead atoms. The van der Waals surface area contributed by atoms with E-state index in [1.165, 1.54) is 6.92 Å². The summed E-state index contributed by atoms with van der Waals surface area (Å²) in [5.41, 5.74) is -0.123. The Labute approximate surface area is 77.5 Å². The number of ether oxygens (including phenoxy) is 1. The molecule has 6 heteroatoms. The highest BCUT2D eigenvalue weighted by Gasteiger charge is 2.12. The fraction of sp³-hybridized carbons (Fsp3) is 0.250. The summed E-state index contributed by atoms with van der Waals surface area (Å²) in [6.07, 6.45) is 0.661. The predicted molar refractivity (Wildman–Crippen MR) is 40.8 cm³/mol. The molecule has 14 heavy (non-hydrogen) atoms. The van der Waals surface area contributed by atoms with Crippen molar-refractivity contribution in [1.29, 1.82) is 0 Å². The topological polar surface area (TPSA) is 39.2 Å². The Bertz CT molecular complexity index is 354. The van der Waals surface area contributed by atoms with Crippen LogP contribution in [-0.2, 0) is 0 Å². The van der Waals surface area contributed by atoms with Gasteiger partial charge in [0, 0.05) is 13.0 Å². The number of alkyl halides is 2. The van der Waals surface area contributed by atoms with E-state index in [2.05, 4.69) is 9.72 Å². The van der Waals surface area contributed by atoms with Gasteiger partial charge in [-0.15, -0.1) is 0 Å². The quantitative estimate of drug-likeness (QED) is 0.708. The minimum Gasteiger partial charge on any atom is -0.432 e. The molecule has 0 spiro atoms. The summed E-state index contributed by atoms with van der Waals surface area (Å²) in [5.74, 6) is -2.17. The van der Waals surface area contributed by atoms with Crippen LogP contribution in [0.4, 0.5) is 13.2 Å².